The topological polar surface area (TPSA) is 98.6 Å². The van der Waals surface area contributed by atoms with E-state index in [0.717, 1.165) is 50.2 Å². The van der Waals surface area contributed by atoms with Gasteiger partial charge in [-0.15, -0.1) is 0 Å². The molecule has 0 amide bonds. The largest absolute Gasteiger partial charge is 0.363 e. The highest BCUT2D eigenvalue weighted by atomic mass is 32.2. The van der Waals surface area contributed by atoms with Crippen LogP contribution in [0.25, 0.3) is 33.1 Å². The molecule has 0 saturated carbocycles. The Labute approximate surface area is 256 Å². The van der Waals surface area contributed by atoms with Crippen molar-refractivity contribution in [2.24, 2.45) is 0 Å². The number of carbonyl (C=O) groups is 1. The van der Waals surface area contributed by atoms with Crippen LogP contribution in [-0.2, 0) is 14.8 Å². The SMILES string of the molecule is CC(=O)CNS(=O)(=O)c1ccccc1-c1c2ccc(Nc3ccccc3C)cc2[o+]c2cc(Nc3ccccc3C)ccc12. The minimum atomic E-state index is -4.00. The Hall–Kier alpha value is -5.05. The number of nitrogens with one attached hydrogen (secondary N) is 3. The monoisotopic (exact) mass is 602 g/mol. The van der Waals surface area contributed by atoms with Gasteiger partial charge in [0.1, 0.15) is 5.78 Å². The first kappa shape index (κ1) is 29.0. The maximum Gasteiger partial charge on any atom is 0.363 e. The van der Waals surface area contributed by atoms with Gasteiger partial charge in [0.05, 0.1) is 34.3 Å². The summed E-state index contributed by atoms with van der Waals surface area (Å²) in [4.78, 5) is 11.7. The molecular weight excluding hydrogens is 570 g/mol. The normalized spacial score (nSPS) is 11.5. The van der Waals surface area contributed by atoms with Gasteiger partial charge in [-0.2, -0.15) is 0 Å². The van der Waals surface area contributed by atoms with Crippen LogP contribution in [-0.4, -0.2) is 20.7 Å². The number of sulfonamides is 1. The smallest absolute Gasteiger partial charge is 0.355 e. The number of benzene rings is 5. The summed E-state index contributed by atoms with van der Waals surface area (Å²) in [5.41, 5.74) is 8.23. The molecule has 0 radical (unpaired) electrons. The van der Waals surface area contributed by atoms with Crippen LogP contribution in [0, 0.1) is 13.8 Å². The van der Waals surface area contributed by atoms with Crippen LogP contribution in [0.1, 0.15) is 18.1 Å². The fraction of sp³-hybridized carbons (Fsp3) is 0.111. The number of carbonyl (C=O) groups excluding carboxylic acids is 1. The molecule has 0 aliphatic rings. The average molecular weight is 603 g/mol. The van der Waals surface area contributed by atoms with Gasteiger partial charge in [-0.3, -0.25) is 4.79 Å². The second-order valence-corrected chi connectivity index (χ2v) is 12.5. The molecule has 1 aromatic heterocycles. The summed E-state index contributed by atoms with van der Waals surface area (Å²) in [6.07, 6.45) is 0. The highest BCUT2D eigenvalue weighted by Crippen LogP contribution is 2.41. The zero-order valence-electron chi connectivity index (χ0n) is 24.6. The molecule has 0 bridgehead atoms. The standard InChI is InChI=1S/C36H32N3O4S/c1-23-10-4-7-13-31(23)38-26-16-18-28-33(20-26)43-34-21-27(39-32-14-8-5-11-24(32)2)17-19-29(34)36(28)30-12-6-9-15-35(30)44(41,42)37-22-25(3)40/h4-21,37-39H,22H2,1-3H3/q+1. The van der Waals surface area contributed by atoms with Crippen LogP contribution >= 0.6 is 0 Å². The number of hydrogen-bond acceptors (Lipinski definition) is 5. The summed E-state index contributed by atoms with van der Waals surface area (Å²) in [5.74, 6) is -0.275. The first-order chi connectivity index (χ1) is 21.2. The fourth-order valence-corrected chi connectivity index (χ4v) is 6.52. The highest BCUT2D eigenvalue weighted by molar-refractivity contribution is 7.89. The number of fused-ring (bicyclic) bond motifs is 2. The van der Waals surface area contributed by atoms with Crippen LogP contribution in [0.4, 0.5) is 22.7 Å². The Balaban J connectivity index is 1.56. The third kappa shape index (κ3) is 5.90. The number of hydrogen-bond donors (Lipinski definition) is 3. The first-order valence-electron chi connectivity index (χ1n) is 14.3. The lowest BCUT2D eigenvalue weighted by molar-refractivity contribution is -0.115. The van der Waals surface area contributed by atoms with Crippen molar-refractivity contribution in [3.63, 3.8) is 0 Å². The molecule has 6 rings (SSSR count). The summed E-state index contributed by atoms with van der Waals surface area (Å²) in [7, 11) is -4.00. The molecule has 0 atom stereocenters. The van der Waals surface area contributed by atoms with E-state index in [1.807, 2.05) is 105 Å². The van der Waals surface area contributed by atoms with Crippen LogP contribution in [0.2, 0.25) is 0 Å². The van der Waals surface area contributed by atoms with E-state index in [1.54, 1.807) is 18.2 Å². The first-order valence-corrected chi connectivity index (χ1v) is 15.8. The maximum atomic E-state index is 13.5. The van der Waals surface area contributed by atoms with Gasteiger partial charge in [0, 0.05) is 33.9 Å². The molecule has 3 N–H and O–H groups in total. The van der Waals surface area contributed by atoms with Gasteiger partial charge in [0.15, 0.2) is 0 Å². The molecule has 0 saturated heterocycles. The molecule has 7 nitrogen and oxygen atoms in total. The lowest BCUT2D eigenvalue weighted by Crippen LogP contribution is -2.28. The van der Waals surface area contributed by atoms with E-state index in [4.69, 9.17) is 4.42 Å². The van der Waals surface area contributed by atoms with Crippen molar-refractivity contribution >= 4 is 60.5 Å². The van der Waals surface area contributed by atoms with Gasteiger partial charge < -0.3 is 10.6 Å². The Morgan fingerprint density at radius 1 is 0.682 bits per heavy atom. The van der Waals surface area contributed by atoms with E-state index < -0.39 is 10.0 Å². The second-order valence-electron chi connectivity index (χ2n) is 10.8. The lowest BCUT2D eigenvalue weighted by Gasteiger charge is -2.14. The van der Waals surface area contributed by atoms with Crippen LogP contribution in [0.15, 0.2) is 119 Å². The molecule has 0 spiro atoms. The zero-order valence-corrected chi connectivity index (χ0v) is 25.5. The van der Waals surface area contributed by atoms with Crippen molar-refractivity contribution in [1.82, 2.24) is 4.72 Å². The summed E-state index contributed by atoms with van der Waals surface area (Å²) in [6.45, 7) is 5.14. The van der Waals surface area contributed by atoms with Crippen molar-refractivity contribution in [2.75, 3.05) is 17.2 Å². The molecule has 0 unspecified atom stereocenters. The molecule has 0 fully saturated rings. The van der Waals surface area contributed by atoms with Crippen molar-refractivity contribution in [3.8, 4) is 11.1 Å². The quantitative estimate of drug-likeness (QED) is 0.113. The fourth-order valence-electron chi connectivity index (χ4n) is 5.26. The minimum Gasteiger partial charge on any atom is -0.355 e. The van der Waals surface area contributed by atoms with Gasteiger partial charge in [-0.05, 0) is 74.4 Å². The van der Waals surface area contributed by atoms with E-state index in [1.165, 1.54) is 6.92 Å². The molecule has 44 heavy (non-hydrogen) atoms. The average Bonchev–Trinajstić information content (AvgIpc) is 3.01. The molecule has 1 heterocycles. The summed E-state index contributed by atoms with van der Waals surface area (Å²) < 4.78 is 35.9. The van der Waals surface area contributed by atoms with Gasteiger partial charge in [-0.25, -0.2) is 17.6 Å². The lowest BCUT2D eigenvalue weighted by atomic mass is 9.96. The van der Waals surface area contributed by atoms with Gasteiger partial charge in [0.25, 0.3) is 0 Å². The maximum absolute atomic E-state index is 13.5. The number of Topliss-reactive ketones (excluding diaryl/α,β-unsaturated/α-hetero) is 1. The highest BCUT2D eigenvalue weighted by Gasteiger charge is 2.27. The number of anilines is 4. The van der Waals surface area contributed by atoms with Crippen molar-refractivity contribution < 1.29 is 17.6 Å². The van der Waals surface area contributed by atoms with Crippen LogP contribution in [0.5, 0.6) is 0 Å². The molecule has 6 aromatic rings. The van der Waals surface area contributed by atoms with E-state index in [9.17, 15) is 13.2 Å². The van der Waals surface area contributed by atoms with E-state index in [-0.39, 0.29) is 17.2 Å². The Morgan fingerprint density at radius 2 is 1.18 bits per heavy atom. The molecule has 8 heteroatoms. The number of para-hydroxylation sites is 2. The second kappa shape index (κ2) is 11.9. The predicted octanol–water partition coefficient (Wildman–Crippen LogP) is 8.51. The Bertz CT molecular complexity index is 2050. The summed E-state index contributed by atoms with van der Waals surface area (Å²) >= 11 is 0. The van der Waals surface area contributed by atoms with Gasteiger partial charge >= 0.3 is 11.2 Å². The van der Waals surface area contributed by atoms with Crippen LogP contribution < -0.4 is 15.4 Å². The Kier molecular flexibility index (Phi) is 7.86. The van der Waals surface area contributed by atoms with Crippen molar-refractivity contribution in [2.45, 2.75) is 25.7 Å². The molecule has 0 aliphatic carbocycles. The molecule has 5 aromatic carbocycles. The Morgan fingerprint density at radius 3 is 1.70 bits per heavy atom. The van der Waals surface area contributed by atoms with E-state index >= 15 is 0 Å². The third-order valence-corrected chi connectivity index (χ3v) is 8.99. The minimum absolute atomic E-state index is 0.0827. The van der Waals surface area contributed by atoms with Crippen molar-refractivity contribution in [3.05, 3.63) is 120 Å². The predicted molar refractivity (Wildman–Crippen MR) is 178 cm³/mol. The van der Waals surface area contributed by atoms with E-state index in [0.29, 0.717) is 16.7 Å². The third-order valence-electron chi connectivity index (χ3n) is 7.53. The number of ketones is 1. The number of rotatable bonds is 9. The summed E-state index contributed by atoms with van der Waals surface area (Å²) in [6, 6.07) is 34.6. The van der Waals surface area contributed by atoms with Crippen LogP contribution in [0.3, 0.4) is 0 Å². The molecule has 0 aliphatic heterocycles. The number of aryl methyl sites for hydroxylation is 2. The van der Waals surface area contributed by atoms with Gasteiger partial charge in [0.2, 0.25) is 10.0 Å². The molecular formula is C36H32N3O4S+. The van der Waals surface area contributed by atoms with Crippen molar-refractivity contribution in [1.29, 1.82) is 0 Å². The van der Waals surface area contributed by atoms with E-state index in [2.05, 4.69) is 15.4 Å². The molecule has 220 valence electrons. The van der Waals surface area contributed by atoms with Gasteiger partial charge in [-0.1, -0.05) is 54.6 Å². The summed E-state index contributed by atoms with van der Waals surface area (Å²) in [5, 5.41) is 8.45. The zero-order chi connectivity index (χ0) is 30.8.